The molecule has 3 aromatic rings. The van der Waals surface area contributed by atoms with Crippen LogP contribution in [-0.2, 0) is 19.7 Å². The number of morpholine rings is 1. The van der Waals surface area contributed by atoms with Gasteiger partial charge in [0.05, 0.1) is 25.8 Å². The van der Waals surface area contributed by atoms with Crippen molar-refractivity contribution in [2.24, 2.45) is 0 Å². The van der Waals surface area contributed by atoms with Gasteiger partial charge in [0.1, 0.15) is 11.4 Å². The maximum Gasteiger partial charge on any atom is 0.307 e. The van der Waals surface area contributed by atoms with E-state index in [1.807, 2.05) is 0 Å². The summed E-state index contributed by atoms with van der Waals surface area (Å²) in [5.74, 6) is -0.363. The number of methoxy groups -OCH3 is 1. The quantitative estimate of drug-likeness (QED) is 0.267. The fourth-order valence-corrected chi connectivity index (χ4v) is 5.34. The number of rotatable bonds is 11. The highest BCUT2D eigenvalue weighted by atomic mass is 32.2. The Bertz CT molecular complexity index is 1470. The van der Waals surface area contributed by atoms with Crippen molar-refractivity contribution in [3.8, 4) is 5.75 Å². The number of ether oxygens (including phenoxy) is 2. The van der Waals surface area contributed by atoms with Crippen molar-refractivity contribution in [1.29, 1.82) is 0 Å². The molecule has 0 unspecified atom stereocenters. The Labute approximate surface area is 234 Å². The number of hydrogen-bond acceptors (Lipinski definition) is 7. The molecule has 0 aliphatic carbocycles. The van der Waals surface area contributed by atoms with E-state index >= 15 is 0 Å². The second kappa shape index (κ2) is 13.1. The Kier molecular flexibility index (Phi) is 9.58. The molecule has 40 heavy (non-hydrogen) atoms. The van der Waals surface area contributed by atoms with Crippen LogP contribution >= 0.6 is 0 Å². The summed E-state index contributed by atoms with van der Waals surface area (Å²) in [5, 5.41) is 6.22. The highest BCUT2D eigenvalue weighted by molar-refractivity contribution is 7.87. The molecule has 214 valence electrons. The van der Waals surface area contributed by atoms with Gasteiger partial charge < -0.3 is 20.1 Å². The van der Waals surface area contributed by atoms with Crippen molar-refractivity contribution in [3.05, 3.63) is 71.6 Å². The smallest absolute Gasteiger partial charge is 0.307 e. The summed E-state index contributed by atoms with van der Waals surface area (Å²) in [4.78, 5) is 28.7. The van der Waals surface area contributed by atoms with E-state index in [4.69, 9.17) is 9.47 Å². The average molecular weight is 570 g/mol. The minimum Gasteiger partial charge on any atom is -0.497 e. The summed E-state index contributed by atoms with van der Waals surface area (Å²) in [7, 11) is 0.599. The summed E-state index contributed by atoms with van der Waals surface area (Å²) in [6.45, 7) is 4.34. The lowest BCUT2D eigenvalue weighted by atomic mass is 10.1. The molecule has 12 heteroatoms. The third kappa shape index (κ3) is 6.89. The number of fused-ring (bicyclic) bond motifs is 1. The average Bonchev–Trinajstić information content (AvgIpc) is 3.34. The zero-order valence-corrected chi connectivity index (χ0v) is 23.7. The van der Waals surface area contributed by atoms with Crippen molar-refractivity contribution in [2.75, 3.05) is 60.6 Å². The Morgan fingerprint density at radius 1 is 1.07 bits per heavy atom. The highest BCUT2D eigenvalue weighted by Crippen LogP contribution is 2.25. The van der Waals surface area contributed by atoms with Crippen molar-refractivity contribution in [2.45, 2.75) is 6.42 Å². The molecule has 1 fully saturated rings. The molecule has 2 aromatic carbocycles. The van der Waals surface area contributed by atoms with Crippen LogP contribution in [0.4, 0.5) is 0 Å². The van der Waals surface area contributed by atoms with Crippen molar-refractivity contribution < 1.29 is 27.5 Å². The number of carbonyl (C=O) groups excluding carboxylic acids is 2. The number of benzene rings is 2. The lowest BCUT2D eigenvalue weighted by Gasteiger charge is -2.26. The van der Waals surface area contributed by atoms with E-state index in [1.54, 1.807) is 48.5 Å². The zero-order valence-electron chi connectivity index (χ0n) is 22.9. The fraction of sp³-hybridized carbons (Fsp3) is 0.357. The topological polar surface area (TPSA) is 122 Å². The molecule has 4 rings (SSSR count). The molecule has 2 amide bonds. The molecule has 1 saturated heterocycles. The van der Waals surface area contributed by atoms with Gasteiger partial charge in [0.2, 0.25) is 0 Å². The van der Waals surface area contributed by atoms with Gasteiger partial charge in [0.15, 0.2) is 0 Å². The first-order chi connectivity index (χ1) is 19.2. The van der Waals surface area contributed by atoms with Gasteiger partial charge in [-0.1, -0.05) is 18.2 Å². The molecule has 0 saturated carbocycles. The van der Waals surface area contributed by atoms with E-state index in [-0.39, 0.29) is 5.70 Å². The van der Waals surface area contributed by atoms with Gasteiger partial charge in [-0.05, 0) is 49.4 Å². The second-order valence-electron chi connectivity index (χ2n) is 9.49. The third-order valence-corrected chi connectivity index (χ3v) is 8.33. The van der Waals surface area contributed by atoms with Gasteiger partial charge in [-0.15, -0.1) is 0 Å². The van der Waals surface area contributed by atoms with Gasteiger partial charge >= 0.3 is 10.2 Å². The van der Waals surface area contributed by atoms with E-state index in [2.05, 4.69) is 15.5 Å². The summed E-state index contributed by atoms with van der Waals surface area (Å²) in [5.41, 5.74) is 1.26. The molecule has 11 nitrogen and oxygen atoms in total. The largest absolute Gasteiger partial charge is 0.497 e. The third-order valence-electron chi connectivity index (χ3n) is 6.60. The van der Waals surface area contributed by atoms with Crippen molar-refractivity contribution in [3.63, 3.8) is 0 Å². The molecule has 1 aromatic heterocycles. The SMILES string of the molecule is COc1ccc(C(=O)N/C(=C\c2cn(S(=O)(=O)N(C)C)c3ccccc23)C(=O)NCCCN2CCOCC2)cc1. The molecule has 2 heterocycles. The minimum absolute atomic E-state index is 0.00246. The lowest BCUT2D eigenvalue weighted by molar-refractivity contribution is -0.117. The van der Waals surface area contributed by atoms with Gasteiger partial charge in [0, 0.05) is 56.4 Å². The van der Waals surface area contributed by atoms with Crippen LogP contribution in [0.3, 0.4) is 0 Å². The monoisotopic (exact) mass is 569 g/mol. The normalized spacial score (nSPS) is 14.8. The molecule has 2 N–H and O–H groups in total. The predicted octanol–water partition coefficient (Wildman–Crippen LogP) is 1.91. The molecular weight excluding hydrogens is 534 g/mol. The van der Waals surface area contributed by atoms with Crippen LogP contribution in [0.15, 0.2) is 60.4 Å². The van der Waals surface area contributed by atoms with E-state index in [0.717, 1.165) is 34.3 Å². The van der Waals surface area contributed by atoms with Crippen LogP contribution in [-0.4, -0.2) is 94.0 Å². The number of carbonyl (C=O) groups is 2. The molecular formula is C28H35N5O6S. The van der Waals surface area contributed by atoms with Gasteiger partial charge in [-0.3, -0.25) is 14.5 Å². The highest BCUT2D eigenvalue weighted by Gasteiger charge is 2.22. The molecule has 1 aliphatic rings. The Hall–Kier alpha value is -3.71. The lowest BCUT2D eigenvalue weighted by Crippen LogP contribution is -2.39. The Morgan fingerprint density at radius 3 is 2.45 bits per heavy atom. The number of hydrogen-bond donors (Lipinski definition) is 2. The van der Waals surface area contributed by atoms with E-state index in [1.165, 1.54) is 33.5 Å². The zero-order chi connectivity index (χ0) is 28.7. The summed E-state index contributed by atoms with van der Waals surface area (Å²) in [6.07, 6.45) is 3.68. The molecule has 0 bridgehead atoms. The Morgan fingerprint density at radius 2 is 1.77 bits per heavy atom. The van der Waals surface area contributed by atoms with Crippen LogP contribution in [0.5, 0.6) is 5.75 Å². The van der Waals surface area contributed by atoms with E-state index in [9.17, 15) is 18.0 Å². The van der Waals surface area contributed by atoms with Crippen molar-refractivity contribution >= 4 is 39.0 Å². The summed E-state index contributed by atoms with van der Waals surface area (Å²) < 4.78 is 38.8. The minimum atomic E-state index is -3.83. The van der Waals surface area contributed by atoms with Crippen LogP contribution < -0.4 is 15.4 Å². The summed E-state index contributed by atoms with van der Waals surface area (Å²) in [6, 6.07) is 13.5. The molecule has 0 atom stereocenters. The first kappa shape index (κ1) is 29.3. The van der Waals surface area contributed by atoms with E-state index < -0.39 is 22.0 Å². The number of aromatic nitrogens is 1. The van der Waals surface area contributed by atoms with Crippen LogP contribution in [0, 0.1) is 0 Å². The molecule has 0 radical (unpaired) electrons. The molecule has 1 aliphatic heterocycles. The Balaban J connectivity index is 1.62. The van der Waals surface area contributed by atoms with Gasteiger partial charge in [0.25, 0.3) is 11.8 Å². The number of para-hydroxylation sites is 1. The number of nitrogens with zero attached hydrogens (tertiary/aromatic N) is 3. The van der Waals surface area contributed by atoms with Gasteiger partial charge in [-0.25, -0.2) is 3.97 Å². The second-order valence-corrected chi connectivity index (χ2v) is 11.5. The predicted molar refractivity (Wildman–Crippen MR) is 153 cm³/mol. The van der Waals surface area contributed by atoms with Crippen LogP contribution in [0.25, 0.3) is 17.0 Å². The summed E-state index contributed by atoms with van der Waals surface area (Å²) >= 11 is 0. The standard InChI is InChI=1S/C28H35N5O6S/c1-31(2)40(36,37)33-20-22(24-7-4-5-8-26(24)33)19-25(30-27(34)21-9-11-23(38-3)12-10-21)28(35)29-13-6-14-32-15-17-39-18-16-32/h4-5,7-12,19-20H,6,13-18H2,1-3H3,(H,29,35)(H,30,34)/b25-19-. The first-order valence-corrected chi connectivity index (χ1v) is 14.4. The maximum absolute atomic E-state index is 13.3. The number of amides is 2. The maximum atomic E-state index is 13.3. The van der Waals surface area contributed by atoms with Crippen LogP contribution in [0.1, 0.15) is 22.3 Å². The first-order valence-electron chi connectivity index (χ1n) is 13.0. The van der Waals surface area contributed by atoms with Crippen LogP contribution in [0.2, 0.25) is 0 Å². The number of nitrogens with one attached hydrogen (secondary N) is 2. The van der Waals surface area contributed by atoms with E-state index in [0.29, 0.717) is 47.5 Å². The van der Waals surface area contributed by atoms with Gasteiger partial charge in [-0.2, -0.15) is 12.7 Å². The van der Waals surface area contributed by atoms with Crippen molar-refractivity contribution in [1.82, 2.24) is 23.8 Å². The fourth-order valence-electron chi connectivity index (χ4n) is 4.33. The molecule has 0 spiro atoms.